The lowest BCUT2D eigenvalue weighted by molar-refractivity contribution is 0.0644. The average molecular weight is 264 g/mol. The van der Waals surface area contributed by atoms with Crippen molar-refractivity contribution in [3.8, 4) is 0 Å². The monoisotopic (exact) mass is 264 g/mol. The van der Waals surface area contributed by atoms with Gasteiger partial charge in [-0.05, 0) is 38.8 Å². The molecule has 2 heterocycles. The maximum Gasteiger partial charge on any atom is 0.257 e. The lowest BCUT2D eigenvalue weighted by Gasteiger charge is -2.37. The molecule has 1 fully saturated rings. The zero-order valence-electron chi connectivity index (χ0n) is 12.3. The highest BCUT2D eigenvalue weighted by Crippen LogP contribution is 2.21. The number of furan rings is 1. The summed E-state index contributed by atoms with van der Waals surface area (Å²) in [5.74, 6) is 2.13. The van der Waals surface area contributed by atoms with Crippen LogP contribution in [0, 0.1) is 19.8 Å². The van der Waals surface area contributed by atoms with Gasteiger partial charge in [-0.25, -0.2) is 0 Å². The standard InChI is InChI=1S/C15H24N2O2/c1-5-16-14-6-7-17(9-10(14)2)15(18)13-8-11(3)19-12(13)4/h8,10,14,16H,5-7,9H2,1-4H3. The molecular weight excluding hydrogens is 240 g/mol. The van der Waals surface area contributed by atoms with Crippen LogP contribution in [0.15, 0.2) is 10.5 Å². The van der Waals surface area contributed by atoms with Crippen molar-refractivity contribution in [2.45, 2.75) is 40.2 Å². The Labute approximate surface area is 115 Å². The van der Waals surface area contributed by atoms with Crippen molar-refractivity contribution in [1.29, 1.82) is 0 Å². The van der Waals surface area contributed by atoms with E-state index in [1.165, 1.54) is 0 Å². The Balaban J connectivity index is 2.04. The van der Waals surface area contributed by atoms with E-state index in [-0.39, 0.29) is 5.91 Å². The summed E-state index contributed by atoms with van der Waals surface area (Å²) >= 11 is 0. The van der Waals surface area contributed by atoms with Crippen LogP contribution in [0.5, 0.6) is 0 Å². The molecule has 19 heavy (non-hydrogen) atoms. The Morgan fingerprint density at radius 2 is 2.26 bits per heavy atom. The van der Waals surface area contributed by atoms with E-state index in [4.69, 9.17) is 4.42 Å². The number of likely N-dealkylation sites (tertiary alicyclic amines) is 1. The molecule has 0 aromatic carbocycles. The number of amides is 1. The third kappa shape index (κ3) is 3.00. The Kier molecular flexibility index (Phi) is 4.30. The first kappa shape index (κ1) is 14.1. The third-order valence-corrected chi connectivity index (χ3v) is 3.93. The van der Waals surface area contributed by atoms with Crippen molar-refractivity contribution < 1.29 is 9.21 Å². The van der Waals surface area contributed by atoms with Crippen LogP contribution in [0.1, 0.15) is 42.1 Å². The molecule has 1 aromatic heterocycles. The molecule has 1 N–H and O–H groups in total. The molecule has 4 heteroatoms. The van der Waals surface area contributed by atoms with Gasteiger partial charge in [0.25, 0.3) is 5.91 Å². The summed E-state index contributed by atoms with van der Waals surface area (Å²) < 4.78 is 5.45. The first-order valence-electron chi connectivity index (χ1n) is 7.12. The van der Waals surface area contributed by atoms with E-state index < -0.39 is 0 Å². The van der Waals surface area contributed by atoms with Gasteiger partial charge in [0.15, 0.2) is 0 Å². The topological polar surface area (TPSA) is 45.5 Å². The molecule has 2 unspecified atom stereocenters. The number of rotatable bonds is 3. The van der Waals surface area contributed by atoms with Crippen molar-refractivity contribution in [3.05, 3.63) is 23.2 Å². The van der Waals surface area contributed by atoms with E-state index in [1.54, 1.807) is 0 Å². The number of hydrogen-bond donors (Lipinski definition) is 1. The first-order valence-corrected chi connectivity index (χ1v) is 7.12. The smallest absolute Gasteiger partial charge is 0.257 e. The van der Waals surface area contributed by atoms with Gasteiger partial charge in [0.2, 0.25) is 0 Å². The van der Waals surface area contributed by atoms with E-state index in [9.17, 15) is 4.79 Å². The van der Waals surface area contributed by atoms with Crippen LogP contribution in [0.2, 0.25) is 0 Å². The van der Waals surface area contributed by atoms with Crippen molar-refractivity contribution in [2.24, 2.45) is 5.92 Å². The van der Waals surface area contributed by atoms with Crippen LogP contribution in [0.3, 0.4) is 0 Å². The zero-order chi connectivity index (χ0) is 14.0. The largest absolute Gasteiger partial charge is 0.466 e. The lowest BCUT2D eigenvalue weighted by atomic mass is 9.93. The molecule has 2 atom stereocenters. The highest BCUT2D eigenvalue weighted by atomic mass is 16.3. The van der Waals surface area contributed by atoms with Gasteiger partial charge in [-0.15, -0.1) is 0 Å². The summed E-state index contributed by atoms with van der Waals surface area (Å²) in [6.45, 7) is 10.7. The molecule has 0 spiro atoms. The summed E-state index contributed by atoms with van der Waals surface area (Å²) in [5.41, 5.74) is 0.714. The summed E-state index contributed by atoms with van der Waals surface area (Å²) in [4.78, 5) is 14.4. The molecule has 106 valence electrons. The van der Waals surface area contributed by atoms with Gasteiger partial charge in [0.05, 0.1) is 5.56 Å². The Bertz CT molecular complexity index is 453. The fourth-order valence-electron chi connectivity index (χ4n) is 2.91. The quantitative estimate of drug-likeness (QED) is 0.911. The van der Waals surface area contributed by atoms with Gasteiger partial charge in [0.1, 0.15) is 11.5 Å². The van der Waals surface area contributed by atoms with E-state index in [0.29, 0.717) is 17.5 Å². The van der Waals surface area contributed by atoms with Crippen LogP contribution in [-0.4, -0.2) is 36.5 Å². The van der Waals surface area contributed by atoms with Crippen molar-refractivity contribution in [1.82, 2.24) is 10.2 Å². The molecule has 0 aliphatic carbocycles. The van der Waals surface area contributed by atoms with Gasteiger partial charge >= 0.3 is 0 Å². The van der Waals surface area contributed by atoms with Crippen LogP contribution in [0.25, 0.3) is 0 Å². The second kappa shape index (κ2) is 5.78. The molecule has 0 bridgehead atoms. The zero-order valence-corrected chi connectivity index (χ0v) is 12.3. The number of hydrogen-bond acceptors (Lipinski definition) is 3. The van der Waals surface area contributed by atoms with Crippen LogP contribution in [0.4, 0.5) is 0 Å². The highest BCUT2D eigenvalue weighted by molar-refractivity contribution is 5.95. The third-order valence-electron chi connectivity index (χ3n) is 3.93. The molecule has 2 rings (SSSR count). The van der Waals surface area contributed by atoms with Crippen molar-refractivity contribution >= 4 is 5.91 Å². The molecule has 4 nitrogen and oxygen atoms in total. The maximum atomic E-state index is 12.5. The number of nitrogens with zero attached hydrogens (tertiary/aromatic N) is 1. The van der Waals surface area contributed by atoms with Gasteiger partial charge in [-0.3, -0.25) is 4.79 Å². The van der Waals surface area contributed by atoms with Crippen LogP contribution in [-0.2, 0) is 0 Å². The molecule has 1 aliphatic rings. The normalized spacial score (nSPS) is 23.7. The maximum absolute atomic E-state index is 12.5. The second-order valence-corrected chi connectivity index (χ2v) is 5.51. The van der Waals surface area contributed by atoms with E-state index in [1.807, 2.05) is 24.8 Å². The van der Waals surface area contributed by atoms with Crippen molar-refractivity contribution in [3.63, 3.8) is 0 Å². The highest BCUT2D eigenvalue weighted by Gasteiger charge is 2.29. The summed E-state index contributed by atoms with van der Waals surface area (Å²) in [6, 6.07) is 2.37. The number of piperidine rings is 1. The summed E-state index contributed by atoms with van der Waals surface area (Å²) in [7, 11) is 0. The van der Waals surface area contributed by atoms with Crippen molar-refractivity contribution in [2.75, 3.05) is 19.6 Å². The number of aryl methyl sites for hydroxylation is 2. The number of carbonyl (C=O) groups excluding carboxylic acids is 1. The van der Waals surface area contributed by atoms with Gasteiger partial charge < -0.3 is 14.6 Å². The Morgan fingerprint density at radius 1 is 1.53 bits per heavy atom. The second-order valence-electron chi connectivity index (χ2n) is 5.51. The fraction of sp³-hybridized carbons (Fsp3) is 0.667. The van der Waals surface area contributed by atoms with Gasteiger partial charge in [-0.1, -0.05) is 13.8 Å². The molecule has 1 amide bonds. The fourth-order valence-corrected chi connectivity index (χ4v) is 2.91. The summed E-state index contributed by atoms with van der Waals surface area (Å²) in [6.07, 6.45) is 1.02. The van der Waals surface area contributed by atoms with Crippen LogP contribution < -0.4 is 5.32 Å². The van der Waals surface area contributed by atoms with Gasteiger partial charge in [-0.2, -0.15) is 0 Å². The molecule has 1 aromatic rings. The Hall–Kier alpha value is -1.29. The predicted octanol–water partition coefficient (Wildman–Crippen LogP) is 2.36. The lowest BCUT2D eigenvalue weighted by Crippen LogP contribution is -2.50. The number of carbonyl (C=O) groups is 1. The van der Waals surface area contributed by atoms with E-state index in [2.05, 4.69) is 19.2 Å². The molecular formula is C15H24N2O2. The first-order chi connectivity index (χ1) is 9.02. The Morgan fingerprint density at radius 3 is 2.79 bits per heavy atom. The molecule has 1 saturated heterocycles. The minimum absolute atomic E-state index is 0.108. The molecule has 0 saturated carbocycles. The molecule has 1 aliphatic heterocycles. The minimum Gasteiger partial charge on any atom is -0.466 e. The number of nitrogens with one attached hydrogen (secondary N) is 1. The van der Waals surface area contributed by atoms with E-state index in [0.717, 1.165) is 37.6 Å². The summed E-state index contributed by atoms with van der Waals surface area (Å²) in [5, 5.41) is 3.49. The predicted molar refractivity (Wildman–Crippen MR) is 75.3 cm³/mol. The minimum atomic E-state index is 0.108. The SMILES string of the molecule is CCNC1CCN(C(=O)c2cc(C)oc2C)CC1C. The molecule has 0 radical (unpaired) electrons. The average Bonchev–Trinajstić information content (AvgIpc) is 2.70. The van der Waals surface area contributed by atoms with Gasteiger partial charge in [0, 0.05) is 19.1 Å². The van der Waals surface area contributed by atoms with Crippen LogP contribution >= 0.6 is 0 Å². The van der Waals surface area contributed by atoms with E-state index >= 15 is 0 Å².